The van der Waals surface area contributed by atoms with E-state index in [-0.39, 0.29) is 0 Å². The van der Waals surface area contributed by atoms with Gasteiger partial charge in [0.05, 0.1) is 12.2 Å². The van der Waals surface area contributed by atoms with Crippen LogP contribution in [0.25, 0.3) is 0 Å². The van der Waals surface area contributed by atoms with Gasteiger partial charge in [-0.3, -0.25) is 0 Å². The maximum Gasteiger partial charge on any atom is 0.0584 e. The molecule has 0 rings (SSSR count). The van der Waals surface area contributed by atoms with Crippen LogP contribution in [0.4, 0.5) is 0 Å². The van der Waals surface area contributed by atoms with Crippen LogP contribution in [0.1, 0.15) is 40.0 Å². The fourth-order valence-corrected chi connectivity index (χ4v) is 1.16. The summed E-state index contributed by atoms with van der Waals surface area (Å²) in [4.78, 5) is 0. The Morgan fingerprint density at radius 2 is 2.00 bits per heavy atom. The van der Waals surface area contributed by atoms with E-state index in [0.717, 1.165) is 12.8 Å². The van der Waals surface area contributed by atoms with Crippen LogP contribution in [0.3, 0.4) is 0 Å². The second-order valence-electron chi connectivity index (χ2n) is 3.07. The standard InChI is InChI=1S/C10H20O/c1-5-7-9(3)11-10(4)8-6-2/h5,9-10H,1,6-8H2,2-4H3/t9?,10-/m0/s1. The summed E-state index contributed by atoms with van der Waals surface area (Å²) in [5.41, 5.74) is 0. The molecule has 0 N–H and O–H groups in total. The zero-order valence-electron chi connectivity index (χ0n) is 7.97. The molecule has 1 nitrogen and oxygen atoms in total. The van der Waals surface area contributed by atoms with Gasteiger partial charge in [-0.25, -0.2) is 0 Å². The minimum absolute atomic E-state index is 0.328. The van der Waals surface area contributed by atoms with Crippen molar-refractivity contribution in [2.24, 2.45) is 0 Å². The monoisotopic (exact) mass is 156 g/mol. The van der Waals surface area contributed by atoms with E-state index in [4.69, 9.17) is 4.74 Å². The van der Waals surface area contributed by atoms with Crippen molar-refractivity contribution < 1.29 is 4.74 Å². The highest BCUT2D eigenvalue weighted by Crippen LogP contribution is 2.07. The summed E-state index contributed by atoms with van der Waals surface area (Å²) in [5, 5.41) is 0. The molecular weight excluding hydrogens is 136 g/mol. The Labute approximate surface area is 70.4 Å². The van der Waals surface area contributed by atoms with Crippen LogP contribution in [-0.4, -0.2) is 12.2 Å². The third-order valence-electron chi connectivity index (χ3n) is 1.66. The normalized spacial score (nSPS) is 15.9. The fraction of sp³-hybridized carbons (Fsp3) is 0.800. The number of rotatable bonds is 6. The lowest BCUT2D eigenvalue weighted by molar-refractivity contribution is 0.00579. The number of hydrogen-bond acceptors (Lipinski definition) is 1. The first-order chi connectivity index (χ1) is 5.20. The van der Waals surface area contributed by atoms with Crippen LogP contribution in [0.15, 0.2) is 12.7 Å². The van der Waals surface area contributed by atoms with Gasteiger partial charge in [-0.15, -0.1) is 6.58 Å². The van der Waals surface area contributed by atoms with Crippen molar-refractivity contribution in [3.63, 3.8) is 0 Å². The van der Waals surface area contributed by atoms with Crippen molar-refractivity contribution in [3.8, 4) is 0 Å². The van der Waals surface area contributed by atoms with Crippen LogP contribution in [-0.2, 0) is 4.74 Å². The maximum absolute atomic E-state index is 5.66. The second kappa shape index (κ2) is 6.41. The summed E-state index contributed by atoms with van der Waals surface area (Å²) >= 11 is 0. The summed E-state index contributed by atoms with van der Waals surface area (Å²) in [6, 6.07) is 0. The molecule has 0 bridgehead atoms. The largest absolute Gasteiger partial charge is 0.375 e. The lowest BCUT2D eigenvalue weighted by atomic mass is 10.2. The molecule has 0 fully saturated rings. The van der Waals surface area contributed by atoms with Crippen LogP contribution in [0.2, 0.25) is 0 Å². The lowest BCUT2D eigenvalue weighted by Gasteiger charge is -2.17. The number of hydrogen-bond donors (Lipinski definition) is 0. The predicted octanol–water partition coefficient (Wildman–Crippen LogP) is 3.16. The van der Waals surface area contributed by atoms with Crippen LogP contribution < -0.4 is 0 Å². The van der Waals surface area contributed by atoms with E-state index < -0.39 is 0 Å². The third kappa shape index (κ3) is 6.11. The molecule has 0 aromatic heterocycles. The van der Waals surface area contributed by atoms with Gasteiger partial charge in [-0.05, 0) is 26.7 Å². The highest BCUT2D eigenvalue weighted by Gasteiger charge is 2.05. The van der Waals surface area contributed by atoms with E-state index in [2.05, 4.69) is 27.4 Å². The molecule has 0 amide bonds. The summed E-state index contributed by atoms with van der Waals surface area (Å²) in [7, 11) is 0. The van der Waals surface area contributed by atoms with Gasteiger partial charge in [0.1, 0.15) is 0 Å². The zero-order chi connectivity index (χ0) is 8.69. The average molecular weight is 156 g/mol. The highest BCUT2D eigenvalue weighted by atomic mass is 16.5. The molecule has 0 aliphatic rings. The van der Waals surface area contributed by atoms with Crippen LogP contribution in [0.5, 0.6) is 0 Å². The summed E-state index contributed by atoms with van der Waals surface area (Å²) in [5.74, 6) is 0. The van der Waals surface area contributed by atoms with Crippen molar-refractivity contribution in [1.29, 1.82) is 0 Å². The lowest BCUT2D eigenvalue weighted by Crippen LogP contribution is -2.15. The molecule has 11 heavy (non-hydrogen) atoms. The quantitative estimate of drug-likeness (QED) is 0.537. The molecule has 66 valence electrons. The molecule has 0 heterocycles. The third-order valence-corrected chi connectivity index (χ3v) is 1.66. The molecule has 2 atom stereocenters. The van der Waals surface area contributed by atoms with E-state index in [1.807, 2.05) is 6.08 Å². The second-order valence-corrected chi connectivity index (χ2v) is 3.07. The Hall–Kier alpha value is -0.300. The highest BCUT2D eigenvalue weighted by molar-refractivity contribution is 4.71. The van der Waals surface area contributed by atoms with Gasteiger partial charge < -0.3 is 4.74 Å². The first-order valence-electron chi connectivity index (χ1n) is 4.47. The van der Waals surface area contributed by atoms with E-state index in [1.165, 1.54) is 6.42 Å². The van der Waals surface area contributed by atoms with Crippen LogP contribution >= 0.6 is 0 Å². The molecule has 0 aliphatic heterocycles. The molecule has 1 unspecified atom stereocenters. The SMILES string of the molecule is C=CCC(C)O[C@@H](C)CCC. The Morgan fingerprint density at radius 3 is 2.45 bits per heavy atom. The van der Waals surface area contributed by atoms with Gasteiger partial charge in [0, 0.05) is 0 Å². The van der Waals surface area contributed by atoms with Gasteiger partial charge in [0.15, 0.2) is 0 Å². The molecule has 0 radical (unpaired) electrons. The zero-order valence-corrected chi connectivity index (χ0v) is 7.97. The first kappa shape index (κ1) is 10.7. The Balaban J connectivity index is 3.39. The van der Waals surface area contributed by atoms with Crippen molar-refractivity contribution in [3.05, 3.63) is 12.7 Å². The Bertz CT molecular complexity index is 99.0. The van der Waals surface area contributed by atoms with Crippen molar-refractivity contribution in [1.82, 2.24) is 0 Å². The van der Waals surface area contributed by atoms with Crippen LogP contribution in [0, 0.1) is 0 Å². The minimum atomic E-state index is 0.328. The molecule has 0 saturated heterocycles. The topological polar surface area (TPSA) is 9.23 Å². The molecule has 0 aromatic rings. The Kier molecular flexibility index (Phi) is 6.24. The van der Waals surface area contributed by atoms with Crippen molar-refractivity contribution in [2.75, 3.05) is 0 Å². The van der Waals surface area contributed by atoms with E-state index >= 15 is 0 Å². The smallest absolute Gasteiger partial charge is 0.0584 e. The van der Waals surface area contributed by atoms with E-state index in [1.54, 1.807) is 0 Å². The molecular formula is C10H20O. The number of ether oxygens (including phenoxy) is 1. The van der Waals surface area contributed by atoms with Crippen molar-refractivity contribution in [2.45, 2.75) is 52.2 Å². The predicted molar refractivity (Wildman–Crippen MR) is 49.7 cm³/mol. The van der Waals surface area contributed by atoms with Gasteiger partial charge in [-0.1, -0.05) is 19.4 Å². The summed E-state index contributed by atoms with van der Waals surface area (Å²) in [6.45, 7) is 10.1. The maximum atomic E-state index is 5.66. The fourth-order valence-electron chi connectivity index (χ4n) is 1.16. The minimum Gasteiger partial charge on any atom is -0.375 e. The van der Waals surface area contributed by atoms with E-state index in [0.29, 0.717) is 12.2 Å². The average Bonchev–Trinajstić information content (AvgIpc) is 1.87. The van der Waals surface area contributed by atoms with Gasteiger partial charge in [0.25, 0.3) is 0 Å². The van der Waals surface area contributed by atoms with Gasteiger partial charge >= 0.3 is 0 Å². The molecule has 0 spiro atoms. The molecule has 0 saturated carbocycles. The first-order valence-corrected chi connectivity index (χ1v) is 4.47. The van der Waals surface area contributed by atoms with Gasteiger partial charge in [0.2, 0.25) is 0 Å². The molecule has 0 aromatic carbocycles. The molecule has 0 aliphatic carbocycles. The van der Waals surface area contributed by atoms with E-state index in [9.17, 15) is 0 Å². The summed E-state index contributed by atoms with van der Waals surface area (Å²) < 4.78 is 5.66. The summed E-state index contributed by atoms with van der Waals surface area (Å²) in [6.07, 6.45) is 5.94. The van der Waals surface area contributed by atoms with Crippen molar-refractivity contribution >= 4 is 0 Å². The van der Waals surface area contributed by atoms with Gasteiger partial charge in [-0.2, -0.15) is 0 Å². The Morgan fingerprint density at radius 1 is 1.36 bits per heavy atom. The molecule has 1 heteroatoms.